The van der Waals surface area contributed by atoms with Crippen LogP contribution in [0.1, 0.15) is 57.2 Å². The largest absolute Gasteiger partial charge is 0.381 e. The molecule has 104 valence electrons. The van der Waals surface area contributed by atoms with E-state index in [2.05, 4.69) is 30.1 Å². The quantitative estimate of drug-likeness (QED) is 0.816. The molecular formula is C14H21N3O2. The number of ether oxygens (including phenoxy) is 1. The summed E-state index contributed by atoms with van der Waals surface area (Å²) in [4.78, 5) is 4.51. The summed E-state index contributed by atoms with van der Waals surface area (Å²) >= 11 is 0. The van der Waals surface area contributed by atoms with Gasteiger partial charge < -0.3 is 9.26 Å². The minimum absolute atomic E-state index is 0.0752. The molecule has 19 heavy (non-hydrogen) atoms. The maximum absolute atomic E-state index is 8.89. The Kier molecular flexibility index (Phi) is 4.54. The summed E-state index contributed by atoms with van der Waals surface area (Å²) in [5.74, 6) is 1.81. The van der Waals surface area contributed by atoms with Crippen molar-refractivity contribution in [2.75, 3.05) is 13.2 Å². The van der Waals surface area contributed by atoms with Gasteiger partial charge in [0.1, 0.15) is 0 Å². The highest BCUT2D eigenvalue weighted by Gasteiger charge is 2.27. The lowest BCUT2D eigenvalue weighted by Crippen LogP contribution is -2.18. The maximum Gasteiger partial charge on any atom is 0.227 e. The second-order valence-electron chi connectivity index (χ2n) is 5.61. The Morgan fingerprint density at radius 3 is 2.79 bits per heavy atom. The lowest BCUT2D eigenvalue weighted by molar-refractivity contribution is 0.0830. The highest BCUT2D eigenvalue weighted by Crippen LogP contribution is 2.31. The first kappa shape index (κ1) is 14.0. The zero-order valence-electron chi connectivity index (χ0n) is 11.7. The normalized spacial score (nSPS) is 19.8. The molecule has 2 rings (SSSR count). The van der Waals surface area contributed by atoms with Crippen LogP contribution >= 0.6 is 0 Å². The van der Waals surface area contributed by atoms with Crippen molar-refractivity contribution in [2.45, 2.75) is 51.9 Å². The van der Waals surface area contributed by atoms with E-state index in [4.69, 9.17) is 14.5 Å². The van der Waals surface area contributed by atoms with Crippen molar-refractivity contribution in [3.05, 3.63) is 11.7 Å². The first-order valence-electron chi connectivity index (χ1n) is 6.94. The molecule has 5 heteroatoms. The Bertz CT molecular complexity index is 446. The van der Waals surface area contributed by atoms with Crippen LogP contribution in [0.15, 0.2) is 4.52 Å². The summed E-state index contributed by atoms with van der Waals surface area (Å²) in [6, 6.07) is 2.24. The number of rotatable bonds is 5. The van der Waals surface area contributed by atoms with Gasteiger partial charge in [0.05, 0.1) is 6.07 Å². The van der Waals surface area contributed by atoms with Gasteiger partial charge in [0, 0.05) is 32.0 Å². The van der Waals surface area contributed by atoms with Gasteiger partial charge in [-0.3, -0.25) is 0 Å². The molecule has 1 aromatic heterocycles. The molecule has 0 bridgehead atoms. The van der Waals surface area contributed by atoms with Crippen LogP contribution in [0.2, 0.25) is 0 Å². The molecular weight excluding hydrogens is 242 g/mol. The van der Waals surface area contributed by atoms with Gasteiger partial charge in [-0.25, -0.2) is 0 Å². The summed E-state index contributed by atoms with van der Waals surface area (Å²) in [5.41, 5.74) is -0.0752. The van der Waals surface area contributed by atoms with Crippen LogP contribution < -0.4 is 0 Å². The maximum atomic E-state index is 8.89. The van der Waals surface area contributed by atoms with E-state index >= 15 is 0 Å². The van der Waals surface area contributed by atoms with Crippen LogP contribution in [-0.2, 0) is 11.2 Å². The van der Waals surface area contributed by atoms with Crippen molar-refractivity contribution >= 4 is 0 Å². The Morgan fingerprint density at radius 2 is 2.16 bits per heavy atom. The van der Waals surface area contributed by atoms with E-state index in [1.165, 1.54) is 0 Å². The second-order valence-corrected chi connectivity index (χ2v) is 5.61. The van der Waals surface area contributed by atoms with Crippen molar-refractivity contribution < 1.29 is 9.26 Å². The molecule has 1 aromatic rings. The molecule has 0 amide bonds. The number of nitriles is 1. The number of aromatic nitrogens is 2. The number of hydrogen-bond donors (Lipinski definition) is 0. The molecule has 0 aromatic carbocycles. The van der Waals surface area contributed by atoms with Gasteiger partial charge in [0.15, 0.2) is 5.82 Å². The summed E-state index contributed by atoms with van der Waals surface area (Å²) in [6.07, 6.45) is 4.03. The lowest BCUT2D eigenvalue weighted by atomic mass is 9.81. The summed E-state index contributed by atoms with van der Waals surface area (Å²) in [7, 11) is 0. The molecule has 0 spiro atoms. The molecule has 1 unspecified atom stereocenters. The lowest BCUT2D eigenvalue weighted by Gasteiger charge is -2.22. The van der Waals surface area contributed by atoms with Gasteiger partial charge in [-0.1, -0.05) is 19.0 Å². The molecule has 0 N–H and O–H groups in total. The van der Waals surface area contributed by atoms with E-state index in [1.807, 2.05) is 0 Å². The second kappa shape index (κ2) is 6.16. The van der Waals surface area contributed by atoms with Crippen LogP contribution in [0, 0.1) is 16.7 Å². The van der Waals surface area contributed by atoms with E-state index in [-0.39, 0.29) is 5.41 Å². The van der Waals surface area contributed by atoms with Crippen LogP contribution in [0.4, 0.5) is 0 Å². The zero-order valence-corrected chi connectivity index (χ0v) is 11.7. The Balaban J connectivity index is 2.02. The van der Waals surface area contributed by atoms with Crippen molar-refractivity contribution in [1.82, 2.24) is 10.1 Å². The first-order valence-corrected chi connectivity index (χ1v) is 6.94. The van der Waals surface area contributed by atoms with E-state index < -0.39 is 0 Å². The van der Waals surface area contributed by atoms with Crippen LogP contribution in [0.5, 0.6) is 0 Å². The van der Waals surface area contributed by atoms with Crippen molar-refractivity contribution in [3.8, 4) is 6.07 Å². The fourth-order valence-corrected chi connectivity index (χ4v) is 2.33. The third-order valence-electron chi connectivity index (χ3n) is 4.01. The Labute approximate surface area is 113 Å². The monoisotopic (exact) mass is 263 g/mol. The molecule has 2 heterocycles. The third-order valence-corrected chi connectivity index (χ3v) is 4.01. The minimum Gasteiger partial charge on any atom is -0.381 e. The molecule has 1 atom stereocenters. The van der Waals surface area contributed by atoms with E-state index in [0.29, 0.717) is 24.7 Å². The Morgan fingerprint density at radius 1 is 1.42 bits per heavy atom. The zero-order chi connectivity index (χ0) is 13.7. The van der Waals surface area contributed by atoms with E-state index in [9.17, 15) is 0 Å². The molecule has 1 saturated heterocycles. The smallest absolute Gasteiger partial charge is 0.227 e. The standard InChI is InChI=1S/C14H21N3O2/c1-3-14(2,6-7-15)10-12-16-13(17-19-12)11-4-8-18-9-5-11/h11H,3-6,8-10H2,1-2H3. The topological polar surface area (TPSA) is 71.9 Å². The molecule has 0 aliphatic carbocycles. The molecule has 0 radical (unpaired) electrons. The minimum atomic E-state index is -0.0752. The van der Waals surface area contributed by atoms with Crippen molar-refractivity contribution in [2.24, 2.45) is 5.41 Å². The van der Waals surface area contributed by atoms with Gasteiger partial charge in [-0.15, -0.1) is 0 Å². The average molecular weight is 263 g/mol. The predicted molar refractivity (Wildman–Crippen MR) is 69.4 cm³/mol. The van der Waals surface area contributed by atoms with Gasteiger partial charge >= 0.3 is 0 Å². The van der Waals surface area contributed by atoms with E-state index in [1.54, 1.807) is 0 Å². The number of hydrogen-bond acceptors (Lipinski definition) is 5. The average Bonchev–Trinajstić information content (AvgIpc) is 2.88. The third kappa shape index (κ3) is 3.54. The SMILES string of the molecule is CCC(C)(CC#N)Cc1nc(C2CCOCC2)no1. The fourth-order valence-electron chi connectivity index (χ4n) is 2.33. The molecule has 1 aliphatic heterocycles. The highest BCUT2D eigenvalue weighted by molar-refractivity contribution is 4.99. The highest BCUT2D eigenvalue weighted by atomic mass is 16.5. The summed E-state index contributed by atoms with van der Waals surface area (Å²) in [5, 5.41) is 13.0. The van der Waals surface area contributed by atoms with Crippen molar-refractivity contribution in [3.63, 3.8) is 0 Å². The van der Waals surface area contributed by atoms with Crippen LogP contribution in [0.3, 0.4) is 0 Å². The predicted octanol–water partition coefficient (Wildman–Crippen LogP) is 2.84. The van der Waals surface area contributed by atoms with Gasteiger partial charge in [-0.05, 0) is 24.7 Å². The van der Waals surface area contributed by atoms with Crippen LogP contribution in [-0.4, -0.2) is 23.4 Å². The molecule has 1 aliphatic rings. The van der Waals surface area contributed by atoms with Crippen LogP contribution in [0.25, 0.3) is 0 Å². The van der Waals surface area contributed by atoms with Gasteiger partial charge in [0.2, 0.25) is 5.89 Å². The fraction of sp³-hybridized carbons (Fsp3) is 0.786. The molecule has 0 saturated carbocycles. The van der Waals surface area contributed by atoms with Gasteiger partial charge in [-0.2, -0.15) is 10.2 Å². The summed E-state index contributed by atoms with van der Waals surface area (Å²) < 4.78 is 10.7. The first-order chi connectivity index (χ1) is 9.17. The molecule has 5 nitrogen and oxygen atoms in total. The number of nitrogens with zero attached hydrogens (tertiary/aromatic N) is 3. The van der Waals surface area contributed by atoms with Gasteiger partial charge in [0.25, 0.3) is 0 Å². The Hall–Kier alpha value is -1.41. The molecule has 1 fully saturated rings. The van der Waals surface area contributed by atoms with Crippen molar-refractivity contribution in [1.29, 1.82) is 5.26 Å². The summed E-state index contributed by atoms with van der Waals surface area (Å²) in [6.45, 7) is 5.73. The van der Waals surface area contributed by atoms with E-state index in [0.717, 1.165) is 38.3 Å².